The van der Waals surface area contributed by atoms with Crippen molar-refractivity contribution in [3.8, 4) is 0 Å². The Balaban J connectivity index is 2.43. The van der Waals surface area contributed by atoms with Crippen LogP contribution in [-0.2, 0) is 10.2 Å². The van der Waals surface area contributed by atoms with Crippen molar-refractivity contribution in [2.75, 3.05) is 13.2 Å². The minimum Gasteiger partial charge on any atom is -0.379 e. The number of benzene rings is 1. The van der Waals surface area contributed by atoms with Crippen molar-refractivity contribution in [3.05, 3.63) is 35.4 Å². The highest BCUT2D eigenvalue weighted by molar-refractivity contribution is 5.32. The summed E-state index contributed by atoms with van der Waals surface area (Å²) >= 11 is 0. The van der Waals surface area contributed by atoms with E-state index in [1.54, 1.807) is 0 Å². The zero-order valence-electron chi connectivity index (χ0n) is 8.47. The van der Waals surface area contributed by atoms with Crippen LogP contribution in [0.4, 0.5) is 8.78 Å². The summed E-state index contributed by atoms with van der Waals surface area (Å²) < 4.78 is 31.4. The summed E-state index contributed by atoms with van der Waals surface area (Å²) in [6.45, 7) is 2.60. The van der Waals surface area contributed by atoms with E-state index >= 15 is 0 Å². The number of nitrogens with two attached hydrogens (primary N) is 1. The SMILES string of the molecule is CC(N)C1(c2ccc(F)cc2F)COC1. The lowest BCUT2D eigenvalue weighted by molar-refractivity contribution is -0.0717. The maximum atomic E-state index is 13.6. The molecule has 1 aliphatic rings. The normalized spacial score (nSPS) is 20.8. The van der Waals surface area contributed by atoms with E-state index in [1.807, 2.05) is 6.92 Å². The first kappa shape index (κ1) is 10.5. The highest BCUT2D eigenvalue weighted by Gasteiger charge is 2.45. The zero-order valence-corrected chi connectivity index (χ0v) is 8.47. The summed E-state index contributed by atoms with van der Waals surface area (Å²) in [5.74, 6) is -1.12. The Hall–Kier alpha value is -1.00. The van der Waals surface area contributed by atoms with Crippen molar-refractivity contribution in [3.63, 3.8) is 0 Å². The molecule has 0 bridgehead atoms. The Bertz CT molecular complexity index is 375. The summed E-state index contributed by atoms with van der Waals surface area (Å²) in [5.41, 5.74) is 5.79. The molecule has 1 aromatic carbocycles. The first-order valence-corrected chi connectivity index (χ1v) is 4.85. The summed E-state index contributed by atoms with van der Waals surface area (Å²) in [4.78, 5) is 0. The van der Waals surface area contributed by atoms with Gasteiger partial charge in [0.15, 0.2) is 0 Å². The van der Waals surface area contributed by atoms with Crippen molar-refractivity contribution in [2.45, 2.75) is 18.4 Å². The summed E-state index contributed by atoms with van der Waals surface area (Å²) in [6, 6.07) is 3.38. The molecular formula is C11H13F2NO. The van der Waals surface area contributed by atoms with Gasteiger partial charge in [0.1, 0.15) is 11.6 Å². The van der Waals surface area contributed by atoms with Crippen molar-refractivity contribution >= 4 is 0 Å². The maximum Gasteiger partial charge on any atom is 0.130 e. The smallest absolute Gasteiger partial charge is 0.130 e. The van der Waals surface area contributed by atoms with E-state index in [4.69, 9.17) is 10.5 Å². The van der Waals surface area contributed by atoms with Crippen LogP contribution in [0.15, 0.2) is 18.2 Å². The fourth-order valence-electron chi connectivity index (χ4n) is 1.88. The molecule has 1 aliphatic heterocycles. The third-order valence-electron chi connectivity index (χ3n) is 3.06. The summed E-state index contributed by atoms with van der Waals surface area (Å²) in [6.07, 6.45) is 0. The second kappa shape index (κ2) is 3.54. The minimum absolute atomic E-state index is 0.216. The summed E-state index contributed by atoms with van der Waals surface area (Å²) in [7, 11) is 0. The second-order valence-corrected chi connectivity index (χ2v) is 4.06. The molecule has 0 radical (unpaired) electrons. The van der Waals surface area contributed by atoms with Gasteiger partial charge in [-0.05, 0) is 13.0 Å². The van der Waals surface area contributed by atoms with E-state index < -0.39 is 17.0 Å². The van der Waals surface area contributed by atoms with Gasteiger partial charge in [0.05, 0.1) is 18.6 Å². The average molecular weight is 213 g/mol. The number of hydrogen-bond acceptors (Lipinski definition) is 2. The Morgan fingerprint density at radius 3 is 2.47 bits per heavy atom. The monoisotopic (exact) mass is 213 g/mol. The molecular weight excluding hydrogens is 200 g/mol. The molecule has 1 saturated heterocycles. The van der Waals surface area contributed by atoms with Gasteiger partial charge in [-0.25, -0.2) is 8.78 Å². The van der Waals surface area contributed by atoms with Crippen molar-refractivity contribution in [1.29, 1.82) is 0 Å². The van der Waals surface area contributed by atoms with Gasteiger partial charge in [0.25, 0.3) is 0 Å². The highest BCUT2D eigenvalue weighted by atomic mass is 19.1. The van der Waals surface area contributed by atoms with Gasteiger partial charge < -0.3 is 10.5 Å². The second-order valence-electron chi connectivity index (χ2n) is 4.06. The first-order valence-electron chi connectivity index (χ1n) is 4.85. The van der Waals surface area contributed by atoms with Crippen LogP contribution in [0.5, 0.6) is 0 Å². The van der Waals surface area contributed by atoms with Gasteiger partial charge in [-0.2, -0.15) is 0 Å². The number of halogens is 2. The lowest BCUT2D eigenvalue weighted by atomic mass is 9.73. The van der Waals surface area contributed by atoms with Crippen LogP contribution in [0.3, 0.4) is 0 Å². The molecule has 2 rings (SSSR count). The van der Waals surface area contributed by atoms with Gasteiger partial charge in [0, 0.05) is 17.7 Å². The molecule has 4 heteroatoms. The van der Waals surface area contributed by atoms with E-state index in [0.29, 0.717) is 18.8 Å². The van der Waals surface area contributed by atoms with Crippen LogP contribution in [-0.4, -0.2) is 19.3 Å². The van der Waals surface area contributed by atoms with Gasteiger partial charge in [0.2, 0.25) is 0 Å². The van der Waals surface area contributed by atoms with E-state index in [0.717, 1.165) is 6.07 Å². The standard InChI is InChI=1S/C11H13F2NO/c1-7(14)11(5-15-6-11)9-3-2-8(12)4-10(9)13/h2-4,7H,5-6,14H2,1H3. The predicted molar refractivity (Wildman–Crippen MR) is 52.5 cm³/mol. The quantitative estimate of drug-likeness (QED) is 0.809. The average Bonchev–Trinajstić information content (AvgIpc) is 2.05. The lowest BCUT2D eigenvalue weighted by Crippen LogP contribution is -2.58. The minimum atomic E-state index is -0.573. The van der Waals surface area contributed by atoms with Gasteiger partial charge >= 0.3 is 0 Å². The van der Waals surface area contributed by atoms with Crippen molar-refractivity contribution < 1.29 is 13.5 Å². The number of ether oxygens (including phenoxy) is 1. The van der Waals surface area contributed by atoms with Crippen LogP contribution in [0.25, 0.3) is 0 Å². The molecule has 2 nitrogen and oxygen atoms in total. The fourth-order valence-corrected chi connectivity index (χ4v) is 1.88. The molecule has 1 fully saturated rings. The van der Waals surface area contributed by atoms with E-state index in [9.17, 15) is 8.78 Å². The van der Waals surface area contributed by atoms with Crippen molar-refractivity contribution in [2.24, 2.45) is 5.73 Å². The Morgan fingerprint density at radius 2 is 2.07 bits per heavy atom. The van der Waals surface area contributed by atoms with E-state index in [1.165, 1.54) is 12.1 Å². The molecule has 1 aromatic rings. The lowest BCUT2D eigenvalue weighted by Gasteiger charge is -2.45. The van der Waals surface area contributed by atoms with Crippen LogP contribution in [0.2, 0.25) is 0 Å². The number of hydrogen-bond donors (Lipinski definition) is 1. The van der Waals surface area contributed by atoms with Crippen LogP contribution in [0.1, 0.15) is 12.5 Å². The molecule has 2 N–H and O–H groups in total. The molecule has 82 valence electrons. The largest absolute Gasteiger partial charge is 0.379 e. The van der Waals surface area contributed by atoms with Gasteiger partial charge in [-0.15, -0.1) is 0 Å². The topological polar surface area (TPSA) is 35.2 Å². The molecule has 0 spiro atoms. The van der Waals surface area contributed by atoms with Crippen LogP contribution in [0, 0.1) is 11.6 Å². The molecule has 15 heavy (non-hydrogen) atoms. The van der Waals surface area contributed by atoms with E-state index in [-0.39, 0.29) is 6.04 Å². The molecule has 1 unspecified atom stereocenters. The van der Waals surface area contributed by atoms with Gasteiger partial charge in [-0.3, -0.25) is 0 Å². The summed E-state index contributed by atoms with van der Waals surface area (Å²) in [5, 5.41) is 0. The molecule has 0 amide bonds. The number of rotatable bonds is 2. The molecule has 0 aromatic heterocycles. The highest BCUT2D eigenvalue weighted by Crippen LogP contribution is 2.36. The molecule has 0 aliphatic carbocycles. The zero-order chi connectivity index (χ0) is 11.1. The van der Waals surface area contributed by atoms with Crippen LogP contribution >= 0.6 is 0 Å². The maximum absolute atomic E-state index is 13.6. The first-order chi connectivity index (χ1) is 7.06. The Labute approximate surface area is 87.0 Å². The Morgan fingerprint density at radius 1 is 1.40 bits per heavy atom. The predicted octanol–water partition coefficient (Wildman–Crippen LogP) is 1.58. The third-order valence-corrected chi connectivity index (χ3v) is 3.06. The van der Waals surface area contributed by atoms with E-state index in [2.05, 4.69) is 0 Å². The molecule has 1 atom stereocenters. The fraction of sp³-hybridized carbons (Fsp3) is 0.455. The third kappa shape index (κ3) is 1.54. The van der Waals surface area contributed by atoms with Crippen molar-refractivity contribution in [1.82, 2.24) is 0 Å². The van der Waals surface area contributed by atoms with Gasteiger partial charge in [-0.1, -0.05) is 6.07 Å². The molecule has 1 heterocycles. The molecule has 0 saturated carbocycles. The van der Waals surface area contributed by atoms with Crippen LogP contribution < -0.4 is 5.73 Å². The Kier molecular flexibility index (Phi) is 2.48.